The van der Waals surface area contributed by atoms with Crippen LogP contribution in [0.1, 0.15) is 18.4 Å². The first-order chi connectivity index (χ1) is 10.2. The molecule has 1 aromatic heterocycles. The van der Waals surface area contributed by atoms with E-state index in [1.165, 1.54) is 11.0 Å². The molecule has 0 unspecified atom stereocenters. The predicted octanol–water partition coefficient (Wildman–Crippen LogP) is 0.587. The number of tetrazole rings is 1. The van der Waals surface area contributed by atoms with Crippen LogP contribution < -0.4 is 10.6 Å². The highest BCUT2D eigenvalue weighted by atomic mass is 16.2. The van der Waals surface area contributed by atoms with Crippen LogP contribution in [0.15, 0.2) is 24.5 Å². The zero-order valence-corrected chi connectivity index (χ0v) is 11.2. The van der Waals surface area contributed by atoms with Crippen molar-refractivity contribution >= 4 is 23.2 Å². The van der Waals surface area contributed by atoms with Crippen LogP contribution in [0.3, 0.4) is 0 Å². The van der Waals surface area contributed by atoms with Gasteiger partial charge in [-0.1, -0.05) is 0 Å². The van der Waals surface area contributed by atoms with E-state index in [4.69, 9.17) is 0 Å². The van der Waals surface area contributed by atoms with Crippen molar-refractivity contribution < 1.29 is 9.59 Å². The quantitative estimate of drug-likeness (QED) is 0.859. The van der Waals surface area contributed by atoms with Gasteiger partial charge in [0.15, 0.2) is 0 Å². The number of fused-ring (bicyclic) bond motifs is 1. The van der Waals surface area contributed by atoms with E-state index in [2.05, 4.69) is 26.2 Å². The molecule has 21 heavy (non-hydrogen) atoms. The number of aromatic nitrogens is 4. The monoisotopic (exact) mass is 286 g/mol. The molecular formula is C13H14N6O2. The summed E-state index contributed by atoms with van der Waals surface area (Å²) in [5.41, 5.74) is 2.54. The second kappa shape index (κ2) is 5.70. The second-order valence-corrected chi connectivity index (χ2v) is 4.83. The molecule has 2 N–H and O–H groups in total. The highest BCUT2D eigenvalue weighted by molar-refractivity contribution is 5.94. The average Bonchev–Trinajstić information content (AvgIpc) is 2.87. The van der Waals surface area contributed by atoms with Crippen LogP contribution in [-0.4, -0.2) is 32.0 Å². The van der Waals surface area contributed by atoms with Gasteiger partial charge < -0.3 is 10.6 Å². The Morgan fingerprint density at radius 1 is 1.38 bits per heavy atom. The molecule has 0 atom stereocenters. The molecule has 2 amide bonds. The van der Waals surface area contributed by atoms with Gasteiger partial charge >= 0.3 is 0 Å². The Morgan fingerprint density at radius 2 is 2.29 bits per heavy atom. The van der Waals surface area contributed by atoms with Crippen LogP contribution in [0.4, 0.5) is 11.4 Å². The van der Waals surface area contributed by atoms with Gasteiger partial charge in [-0.2, -0.15) is 0 Å². The van der Waals surface area contributed by atoms with Crippen LogP contribution in [0.2, 0.25) is 0 Å². The molecule has 0 bridgehead atoms. The Balaban J connectivity index is 1.70. The molecule has 2 aromatic rings. The molecule has 1 aromatic carbocycles. The van der Waals surface area contributed by atoms with Gasteiger partial charge in [0, 0.05) is 17.8 Å². The number of anilines is 2. The molecule has 1 aliphatic heterocycles. The summed E-state index contributed by atoms with van der Waals surface area (Å²) in [6.07, 6.45) is 3.52. The van der Waals surface area contributed by atoms with Gasteiger partial charge in [0.05, 0.1) is 0 Å². The normalized spacial score (nSPS) is 14.0. The Labute approximate surface area is 120 Å². The molecule has 3 rings (SSSR count). The van der Waals surface area contributed by atoms with Crippen molar-refractivity contribution in [1.29, 1.82) is 0 Å². The van der Waals surface area contributed by atoms with Crippen LogP contribution in [0, 0.1) is 0 Å². The summed E-state index contributed by atoms with van der Waals surface area (Å²) < 4.78 is 1.35. The van der Waals surface area contributed by atoms with E-state index in [9.17, 15) is 9.59 Å². The van der Waals surface area contributed by atoms with Gasteiger partial charge in [-0.25, -0.2) is 4.68 Å². The SMILES string of the molecule is O=C(Cn1cnnn1)Nc1ccc2c(c1)CCCC(=O)N2. The van der Waals surface area contributed by atoms with E-state index in [0.29, 0.717) is 12.1 Å². The smallest absolute Gasteiger partial charge is 0.246 e. The highest BCUT2D eigenvalue weighted by Gasteiger charge is 2.13. The average molecular weight is 286 g/mol. The third kappa shape index (κ3) is 3.22. The summed E-state index contributed by atoms with van der Waals surface area (Å²) >= 11 is 0. The summed E-state index contributed by atoms with van der Waals surface area (Å²) in [6.45, 7) is 0.0564. The van der Waals surface area contributed by atoms with Crippen molar-refractivity contribution in [2.45, 2.75) is 25.8 Å². The number of carbonyl (C=O) groups is 2. The Kier molecular flexibility index (Phi) is 3.59. The maximum atomic E-state index is 11.9. The number of aryl methyl sites for hydroxylation is 1. The molecule has 2 heterocycles. The number of amides is 2. The van der Waals surface area contributed by atoms with E-state index in [-0.39, 0.29) is 18.4 Å². The lowest BCUT2D eigenvalue weighted by Crippen LogP contribution is -2.19. The van der Waals surface area contributed by atoms with Crippen molar-refractivity contribution in [2.24, 2.45) is 0 Å². The lowest BCUT2D eigenvalue weighted by atomic mass is 10.1. The zero-order chi connectivity index (χ0) is 14.7. The van der Waals surface area contributed by atoms with Gasteiger partial charge in [0.25, 0.3) is 0 Å². The Morgan fingerprint density at radius 3 is 3.10 bits per heavy atom. The van der Waals surface area contributed by atoms with Crippen molar-refractivity contribution in [2.75, 3.05) is 10.6 Å². The number of carbonyl (C=O) groups excluding carboxylic acids is 2. The van der Waals surface area contributed by atoms with E-state index in [1.54, 1.807) is 6.07 Å². The third-order valence-corrected chi connectivity index (χ3v) is 3.21. The number of rotatable bonds is 3. The number of nitrogens with zero attached hydrogens (tertiary/aromatic N) is 4. The highest BCUT2D eigenvalue weighted by Crippen LogP contribution is 2.25. The van der Waals surface area contributed by atoms with Crippen LogP contribution >= 0.6 is 0 Å². The topological polar surface area (TPSA) is 102 Å². The van der Waals surface area contributed by atoms with Crippen molar-refractivity contribution in [3.05, 3.63) is 30.1 Å². The van der Waals surface area contributed by atoms with Crippen molar-refractivity contribution in [1.82, 2.24) is 20.2 Å². The Hall–Kier alpha value is -2.77. The van der Waals surface area contributed by atoms with Gasteiger partial charge in [0.1, 0.15) is 12.9 Å². The lowest BCUT2D eigenvalue weighted by molar-refractivity contribution is -0.117. The number of nitrogens with one attached hydrogen (secondary N) is 2. The van der Waals surface area contributed by atoms with Crippen molar-refractivity contribution in [3.63, 3.8) is 0 Å². The molecule has 0 aliphatic carbocycles. The van der Waals surface area contributed by atoms with Gasteiger partial charge in [0.2, 0.25) is 11.8 Å². The summed E-state index contributed by atoms with van der Waals surface area (Å²) in [5, 5.41) is 16.2. The molecule has 108 valence electrons. The number of benzene rings is 1. The van der Waals surface area contributed by atoms with Gasteiger partial charge in [-0.15, -0.1) is 5.10 Å². The first-order valence-electron chi connectivity index (χ1n) is 6.64. The second-order valence-electron chi connectivity index (χ2n) is 4.83. The summed E-state index contributed by atoms with van der Waals surface area (Å²) in [6, 6.07) is 5.46. The fourth-order valence-corrected chi connectivity index (χ4v) is 2.25. The van der Waals surface area contributed by atoms with Crippen molar-refractivity contribution in [3.8, 4) is 0 Å². The largest absolute Gasteiger partial charge is 0.326 e. The molecular weight excluding hydrogens is 272 g/mol. The summed E-state index contributed by atoms with van der Waals surface area (Å²) in [7, 11) is 0. The fourth-order valence-electron chi connectivity index (χ4n) is 2.25. The summed E-state index contributed by atoms with van der Waals surface area (Å²) in [4.78, 5) is 23.4. The molecule has 8 heteroatoms. The van der Waals surface area contributed by atoms with Gasteiger partial charge in [-0.3, -0.25) is 9.59 Å². The fraction of sp³-hybridized carbons (Fsp3) is 0.308. The van der Waals surface area contributed by atoms with E-state index >= 15 is 0 Å². The number of hydrogen-bond donors (Lipinski definition) is 2. The first kappa shape index (κ1) is 13.2. The maximum Gasteiger partial charge on any atom is 0.246 e. The van der Waals surface area contributed by atoms with E-state index in [1.807, 2.05) is 12.1 Å². The minimum atomic E-state index is -0.208. The number of hydrogen-bond acceptors (Lipinski definition) is 5. The maximum absolute atomic E-state index is 11.9. The third-order valence-electron chi connectivity index (χ3n) is 3.21. The molecule has 8 nitrogen and oxygen atoms in total. The standard InChI is InChI=1S/C13H14N6O2/c20-12-3-1-2-9-6-10(4-5-11(9)16-12)15-13(21)7-19-8-14-17-18-19/h4-6,8H,1-3,7H2,(H,15,21)(H,16,20). The van der Waals surface area contributed by atoms with E-state index < -0.39 is 0 Å². The zero-order valence-electron chi connectivity index (χ0n) is 11.2. The van der Waals surface area contributed by atoms with Gasteiger partial charge in [-0.05, 0) is 47.0 Å². The van der Waals surface area contributed by atoms with Crippen LogP contribution in [-0.2, 0) is 22.6 Å². The van der Waals surface area contributed by atoms with Crippen LogP contribution in [0.25, 0.3) is 0 Å². The summed E-state index contributed by atoms with van der Waals surface area (Å²) in [5.74, 6) is -0.177. The molecule has 1 aliphatic rings. The van der Waals surface area contributed by atoms with Crippen LogP contribution in [0.5, 0.6) is 0 Å². The molecule has 0 saturated carbocycles. The first-order valence-corrected chi connectivity index (χ1v) is 6.64. The van der Waals surface area contributed by atoms with E-state index in [0.717, 1.165) is 24.1 Å². The minimum absolute atomic E-state index is 0.0317. The minimum Gasteiger partial charge on any atom is -0.326 e. The Bertz CT molecular complexity index is 667. The molecule has 0 fully saturated rings. The predicted molar refractivity (Wildman–Crippen MR) is 74.5 cm³/mol. The molecule has 0 saturated heterocycles. The molecule has 0 spiro atoms. The lowest BCUT2D eigenvalue weighted by Gasteiger charge is -2.10. The molecule has 0 radical (unpaired) electrons.